The largest absolute Gasteiger partial charge is 0.437 e. The van der Waals surface area contributed by atoms with Crippen molar-refractivity contribution in [3.05, 3.63) is 12.2 Å². The monoisotopic (exact) mass is 435 g/mol. The van der Waals surface area contributed by atoms with Crippen LogP contribution < -0.4 is 5.32 Å². The van der Waals surface area contributed by atoms with E-state index in [2.05, 4.69) is 57.7 Å². The van der Waals surface area contributed by atoms with E-state index in [4.69, 9.17) is 17.7 Å². The van der Waals surface area contributed by atoms with Gasteiger partial charge < -0.3 is 23.0 Å². The van der Waals surface area contributed by atoms with Gasteiger partial charge in [0, 0.05) is 19.0 Å². The molecule has 0 spiro atoms. The third-order valence-corrected chi connectivity index (χ3v) is 12.6. The van der Waals surface area contributed by atoms with Crippen LogP contribution >= 0.6 is 0 Å². The van der Waals surface area contributed by atoms with Crippen LogP contribution in [-0.4, -0.2) is 50.1 Å². The van der Waals surface area contributed by atoms with E-state index < -0.39 is 43.5 Å². The number of hydrogen-bond donors (Lipinski definition) is 1. The minimum Gasteiger partial charge on any atom is -0.437 e. The molecular weight excluding hydrogens is 398 g/mol. The summed E-state index contributed by atoms with van der Waals surface area (Å²) >= 11 is 0. The molecule has 1 unspecified atom stereocenters. The fourth-order valence-corrected chi connectivity index (χ4v) is 15.0. The molecule has 1 N–H and O–H groups in total. The average molecular weight is 436 g/mol. The number of ether oxygens (including phenoxy) is 2. The Kier molecular flexibility index (Phi) is 10.2. The molecule has 0 saturated carbocycles. The minimum absolute atomic E-state index is 0.250. The summed E-state index contributed by atoms with van der Waals surface area (Å²) in [6.45, 7) is 22.0. The van der Waals surface area contributed by atoms with Crippen LogP contribution in [0, 0.1) is 0 Å². The number of nitrogens with one attached hydrogen (secondary N) is 1. The van der Waals surface area contributed by atoms with E-state index in [1.807, 2.05) is 0 Å². The van der Waals surface area contributed by atoms with Crippen LogP contribution in [0.4, 0.5) is 4.79 Å². The van der Waals surface area contributed by atoms with Crippen LogP contribution in [-0.2, 0) is 22.5 Å². The van der Waals surface area contributed by atoms with Gasteiger partial charge in [-0.15, -0.1) is 0 Å². The number of esters is 1. The molecule has 0 fully saturated rings. The maximum Gasteiger partial charge on any atom is 0.410 e. The third-order valence-electron chi connectivity index (χ3n) is 3.02. The summed E-state index contributed by atoms with van der Waals surface area (Å²) in [5.41, 5.74) is 0.250. The lowest BCUT2D eigenvalue weighted by Gasteiger charge is -2.38. The molecule has 0 saturated heterocycles. The van der Waals surface area contributed by atoms with E-state index in [0.29, 0.717) is 6.54 Å². The summed E-state index contributed by atoms with van der Waals surface area (Å²) in [5, 5.41) is 2.67. The van der Waals surface area contributed by atoms with Crippen molar-refractivity contribution in [1.29, 1.82) is 0 Å². The molecule has 27 heavy (non-hydrogen) atoms. The smallest absolute Gasteiger partial charge is 0.410 e. The first kappa shape index (κ1) is 26.1. The fraction of sp³-hybridized carbons (Fsp3) is 0.765. The van der Waals surface area contributed by atoms with Crippen LogP contribution in [0.25, 0.3) is 0 Å². The maximum absolute atomic E-state index is 11.8. The molecule has 1 amide bonds. The van der Waals surface area contributed by atoms with E-state index in [0.717, 1.165) is 12.5 Å². The van der Waals surface area contributed by atoms with Crippen molar-refractivity contribution in [1.82, 2.24) is 5.32 Å². The van der Waals surface area contributed by atoms with Crippen molar-refractivity contribution in [2.24, 2.45) is 0 Å². The average Bonchev–Trinajstić information content (AvgIpc) is 2.38. The number of hydrogen-bond acceptors (Lipinski definition) is 6. The number of alkyl carbamates (subject to hydrolysis) is 1. The Labute approximate surface area is 167 Å². The molecule has 0 aliphatic carbocycles. The van der Waals surface area contributed by atoms with Crippen molar-refractivity contribution < 1.29 is 27.3 Å². The zero-order chi connectivity index (χ0) is 21.5. The van der Waals surface area contributed by atoms with Crippen molar-refractivity contribution in [2.45, 2.75) is 78.4 Å². The second kappa shape index (κ2) is 10.6. The van der Waals surface area contributed by atoms with Gasteiger partial charge in [0.2, 0.25) is 6.29 Å². The van der Waals surface area contributed by atoms with Crippen LogP contribution in [0.1, 0.15) is 20.3 Å². The highest BCUT2D eigenvalue weighted by Crippen LogP contribution is 2.25. The summed E-state index contributed by atoms with van der Waals surface area (Å²) in [5.74, 6) is -0.593. The lowest BCUT2D eigenvalue weighted by molar-refractivity contribution is -0.159. The van der Waals surface area contributed by atoms with Gasteiger partial charge in [-0.2, -0.15) is 0 Å². The Morgan fingerprint density at radius 1 is 0.963 bits per heavy atom. The molecule has 0 aliphatic rings. The molecule has 0 rings (SSSR count). The zero-order valence-electron chi connectivity index (χ0n) is 18.4. The molecule has 0 aliphatic heterocycles. The van der Waals surface area contributed by atoms with Gasteiger partial charge in [0.1, 0.15) is 0 Å². The Morgan fingerprint density at radius 3 is 1.85 bits per heavy atom. The predicted molar refractivity (Wildman–Crippen MR) is 115 cm³/mol. The van der Waals surface area contributed by atoms with E-state index in [9.17, 15) is 9.59 Å². The van der Waals surface area contributed by atoms with Gasteiger partial charge in [-0.3, -0.25) is 0 Å². The van der Waals surface area contributed by atoms with Gasteiger partial charge in [-0.1, -0.05) is 6.58 Å². The van der Waals surface area contributed by atoms with E-state index >= 15 is 0 Å². The third kappa shape index (κ3) is 13.8. The van der Waals surface area contributed by atoms with Crippen LogP contribution in [0.15, 0.2) is 12.2 Å². The molecule has 0 bridgehead atoms. The van der Waals surface area contributed by atoms with Crippen molar-refractivity contribution in [3.63, 3.8) is 0 Å². The summed E-state index contributed by atoms with van der Waals surface area (Å²) in [6.07, 6.45) is -0.871. The van der Waals surface area contributed by atoms with Gasteiger partial charge in [-0.05, 0) is 65.2 Å². The quantitative estimate of drug-likeness (QED) is 0.171. The molecule has 158 valence electrons. The number of amides is 1. The van der Waals surface area contributed by atoms with Gasteiger partial charge in [0.25, 0.3) is 0 Å². The van der Waals surface area contributed by atoms with Crippen LogP contribution in [0.3, 0.4) is 0 Å². The summed E-state index contributed by atoms with van der Waals surface area (Å²) in [6, 6.07) is 0.794. The fourth-order valence-electron chi connectivity index (χ4n) is 2.49. The predicted octanol–water partition coefficient (Wildman–Crippen LogP) is 4.34. The standard InChI is InChI=1S/C17H37NO6Si3/c1-14(2)16(19)21-15(3)22-17(20)18-12-11-13-27(10,23-25(4,5)6)24-26(7,8)9/h15H,1,11-13H2,2-10H3,(H,18,20). The number of carbonyl (C=O) groups is 2. The van der Waals surface area contributed by atoms with E-state index in [-0.39, 0.29) is 5.57 Å². The molecule has 0 aromatic rings. The van der Waals surface area contributed by atoms with E-state index in [1.54, 1.807) is 0 Å². The second-order valence-corrected chi connectivity index (χ2v) is 21.6. The SMILES string of the molecule is C=C(C)C(=O)OC(C)OC(=O)NCCC[Si](C)(O[Si](C)(C)C)O[Si](C)(C)C. The zero-order valence-corrected chi connectivity index (χ0v) is 21.4. The highest BCUT2D eigenvalue weighted by atomic mass is 28.5. The van der Waals surface area contributed by atoms with Gasteiger partial charge in [-0.25, -0.2) is 9.59 Å². The second-order valence-electron chi connectivity index (χ2n) is 8.75. The van der Waals surface area contributed by atoms with Crippen molar-refractivity contribution in [3.8, 4) is 0 Å². The normalized spacial score (nSPS) is 13.7. The molecular formula is C17H37NO6Si3. The summed E-state index contributed by atoms with van der Waals surface area (Å²) in [4.78, 5) is 23.2. The molecule has 0 radical (unpaired) electrons. The Bertz CT molecular complexity index is 512. The lowest BCUT2D eigenvalue weighted by Crippen LogP contribution is -2.52. The van der Waals surface area contributed by atoms with Gasteiger partial charge in [0.15, 0.2) is 16.6 Å². The minimum atomic E-state index is -2.31. The molecule has 1 atom stereocenters. The van der Waals surface area contributed by atoms with E-state index in [1.165, 1.54) is 13.8 Å². The number of carbonyl (C=O) groups excluding carboxylic acids is 2. The lowest BCUT2D eigenvalue weighted by atomic mass is 10.4. The molecule has 0 aromatic carbocycles. The highest BCUT2D eigenvalue weighted by molar-refractivity contribution is 6.87. The van der Waals surface area contributed by atoms with Gasteiger partial charge in [0.05, 0.1) is 0 Å². The topological polar surface area (TPSA) is 83.1 Å². The molecule has 7 nitrogen and oxygen atoms in total. The Balaban J connectivity index is 4.45. The molecule has 10 heteroatoms. The molecule has 0 heterocycles. The first-order valence-corrected chi connectivity index (χ1v) is 18.6. The first-order chi connectivity index (χ1) is 12.0. The summed E-state index contributed by atoms with van der Waals surface area (Å²) in [7, 11) is -5.77. The molecule has 0 aromatic heterocycles. The van der Waals surface area contributed by atoms with Crippen molar-refractivity contribution >= 4 is 37.3 Å². The summed E-state index contributed by atoms with van der Waals surface area (Å²) < 4.78 is 22.7. The Hall–Kier alpha value is -0.949. The van der Waals surface area contributed by atoms with Crippen molar-refractivity contribution in [2.75, 3.05) is 6.54 Å². The van der Waals surface area contributed by atoms with Crippen LogP contribution in [0.5, 0.6) is 0 Å². The maximum atomic E-state index is 11.8. The van der Waals surface area contributed by atoms with Crippen LogP contribution in [0.2, 0.25) is 51.9 Å². The Morgan fingerprint density at radius 2 is 1.44 bits per heavy atom. The highest BCUT2D eigenvalue weighted by Gasteiger charge is 2.39. The number of rotatable bonds is 11. The van der Waals surface area contributed by atoms with Gasteiger partial charge >= 0.3 is 20.6 Å². The first-order valence-electron chi connectivity index (χ1n) is 9.24.